The van der Waals surface area contributed by atoms with E-state index < -0.39 is 0 Å². The third-order valence-corrected chi connectivity index (χ3v) is 4.15. The highest BCUT2D eigenvalue weighted by Crippen LogP contribution is 2.28. The van der Waals surface area contributed by atoms with E-state index in [9.17, 15) is 0 Å². The summed E-state index contributed by atoms with van der Waals surface area (Å²) in [4.78, 5) is 1.32. The smallest absolute Gasteiger partial charge is 0.142 e. The van der Waals surface area contributed by atoms with Gasteiger partial charge in [-0.3, -0.25) is 0 Å². The summed E-state index contributed by atoms with van der Waals surface area (Å²) in [6.45, 7) is 0.906. The van der Waals surface area contributed by atoms with Crippen molar-refractivity contribution in [3.05, 3.63) is 48.5 Å². The van der Waals surface area contributed by atoms with Gasteiger partial charge in [0.25, 0.3) is 0 Å². The Morgan fingerprint density at radius 2 is 1.81 bits per heavy atom. The molecule has 0 unspecified atom stereocenters. The number of ether oxygens (including phenoxy) is 2. The van der Waals surface area contributed by atoms with Gasteiger partial charge in [-0.1, -0.05) is 18.2 Å². The number of hydrogen-bond acceptors (Lipinski definition) is 4. The fraction of sp³-hybridized carbons (Fsp3) is 0.294. The molecule has 0 bridgehead atoms. The molecule has 0 aliphatic heterocycles. The molecule has 0 amide bonds. The number of anilines is 1. The molecule has 4 heteroatoms. The maximum atomic E-state index is 5.35. The minimum absolute atomic E-state index is 0.831. The molecule has 0 aliphatic rings. The van der Waals surface area contributed by atoms with Crippen LogP contribution in [-0.2, 0) is 0 Å². The van der Waals surface area contributed by atoms with Gasteiger partial charge in [-0.25, -0.2) is 0 Å². The lowest BCUT2D eigenvalue weighted by Crippen LogP contribution is -2.04. The van der Waals surface area contributed by atoms with Crippen molar-refractivity contribution in [1.82, 2.24) is 0 Å². The lowest BCUT2D eigenvalue weighted by molar-refractivity contribution is 0.404. The Morgan fingerprint density at radius 3 is 2.52 bits per heavy atom. The fourth-order valence-electron chi connectivity index (χ4n) is 1.95. The van der Waals surface area contributed by atoms with Crippen molar-refractivity contribution in [3.63, 3.8) is 0 Å². The van der Waals surface area contributed by atoms with E-state index in [1.165, 1.54) is 4.90 Å². The molecule has 2 aromatic rings. The lowest BCUT2D eigenvalue weighted by atomic mass is 10.2. The first kappa shape index (κ1) is 15.6. The van der Waals surface area contributed by atoms with Crippen molar-refractivity contribution in [2.45, 2.75) is 11.3 Å². The predicted octanol–water partition coefficient (Wildman–Crippen LogP) is 4.30. The molecule has 0 aromatic heterocycles. The third-order valence-electron chi connectivity index (χ3n) is 3.06. The zero-order valence-electron chi connectivity index (χ0n) is 12.5. The number of nitrogens with one attached hydrogen (secondary N) is 1. The van der Waals surface area contributed by atoms with Crippen molar-refractivity contribution in [2.75, 3.05) is 31.8 Å². The average molecular weight is 303 g/mol. The maximum absolute atomic E-state index is 5.35. The Bertz CT molecular complexity index is 546. The van der Waals surface area contributed by atoms with Gasteiger partial charge in [0.05, 0.1) is 19.9 Å². The standard InChI is InChI=1S/C17H21NO2S/c1-19-14-9-10-17(20-2)16(13-14)18-11-6-12-21-15-7-4-3-5-8-15/h3-5,7-10,13,18H,6,11-12H2,1-2H3. The molecule has 0 saturated carbocycles. The summed E-state index contributed by atoms with van der Waals surface area (Å²) < 4.78 is 10.6. The highest BCUT2D eigenvalue weighted by Gasteiger charge is 2.04. The second-order valence-corrected chi connectivity index (χ2v) is 5.68. The fourth-order valence-corrected chi connectivity index (χ4v) is 2.83. The zero-order valence-corrected chi connectivity index (χ0v) is 13.3. The summed E-state index contributed by atoms with van der Waals surface area (Å²) >= 11 is 1.88. The Kier molecular flexibility index (Phi) is 6.28. The van der Waals surface area contributed by atoms with E-state index in [0.29, 0.717) is 0 Å². The van der Waals surface area contributed by atoms with Gasteiger partial charge in [0, 0.05) is 17.5 Å². The Morgan fingerprint density at radius 1 is 1.00 bits per heavy atom. The van der Waals surface area contributed by atoms with Crippen LogP contribution in [0.5, 0.6) is 11.5 Å². The quantitative estimate of drug-likeness (QED) is 0.582. The summed E-state index contributed by atoms with van der Waals surface area (Å²) in [7, 11) is 3.35. The van der Waals surface area contributed by atoms with Crippen molar-refractivity contribution in [2.24, 2.45) is 0 Å². The summed E-state index contributed by atoms with van der Waals surface area (Å²) in [5.74, 6) is 2.76. The van der Waals surface area contributed by atoms with Crippen molar-refractivity contribution in [3.8, 4) is 11.5 Å². The molecular weight excluding hydrogens is 282 g/mol. The Balaban J connectivity index is 1.78. The monoisotopic (exact) mass is 303 g/mol. The largest absolute Gasteiger partial charge is 0.497 e. The Hall–Kier alpha value is -1.81. The van der Waals surface area contributed by atoms with Gasteiger partial charge in [-0.05, 0) is 36.4 Å². The zero-order chi connectivity index (χ0) is 14.9. The predicted molar refractivity (Wildman–Crippen MR) is 89.8 cm³/mol. The van der Waals surface area contributed by atoms with E-state index in [1.54, 1.807) is 14.2 Å². The van der Waals surface area contributed by atoms with Crippen LogP contribution in [0.1, 0.15) is 6.42 Å². The van der Waals surface area contributed by atoms with Gasteiger partial charge in [-0.2, -0.15) is 0 Å². The van der Waals surface area contributed by atoms with Crippen LogP contribution in [0.2, 0.25) is 0 Å². The van der Waals surface area contributed by atoms with Crippen molar-refractivity contribution >= 4 is 17.4 Å². The summed E-state index contributed by atoms with van der Waals surface area (Å²) in [5, 5.41) is 3.41. The topological polar surface area (TPSA) is 30.5 Å². The first-order valence-electron chi connectivity index (χ1n) is 6.97. The van der Waals surface area contributed by atoms with Crippen LogP contribution in [0.3, 0.4) is 0 Å². The number of rotatable bonds is 8. The summed E-state index contributed by atoms with van der Waals surface area (Å²) in [5.41, 5.74) is 0.974. The number of hydrogen-bond donors (Lipinski definition) is 1. The molecule has 0 fully saturated rings. The van der Waals surface area contributed by atoms with Crippen LogP contribution >= 0.6 is 11.8 Å². The molecule has 3 nitrogen and oxygen atoms in total. The average Bonchev–Trinajstić information content (AvgIpc) is 2.55. The van der Waals surface area contributed by atoms with Gasteiger partial charge in [-0.15, -0.1) is 11.8 Å². The van der Waals surface area contributed by atoms with Crippen molar-refractivity contribution < 1.29 is 9.47 Å². The van der Waals surface area contributed by atoms with Crippen LogP contribution in [-0.4, -0.2) is 26.5 Å². The lowest BCUT2D eigenvalue weighted by Gasteiger charge is -2.12. The number of benzene rings is 2. The third kappa shape index (κ3) is 4.90. The SMILES string of the molecule is COc1ccc(OC)c(NCCCSc2ccccc2)c1. The molecule has 2 rings (SSSR count). The molecule has 0 aliphatic carbocycles. The molecular formula is C17H21NO2S. The molecule has 0 spiro atoms. The molecule has 0 radical (unpaired) electrons. The molecule has 0 saturated heterocycles. The maximum Gasteiger partial charge on any atom is 0.142 e. The van der Waals surface area contributed by atoms with E-state index in [1.807, 2.05) is 36.0 Å². The molecule has 112 valence electrons. The van der Waals surface area contributed by atoms with E-state index >= 15 is 0 Å². The van der Waals surface area contributed by atoms with Gasteiger partial charge in [0.15, 0.2) is 0 Å². The first-order chi connectivity index (χ1) is 10.3. The normalized spacial score (nSPS) is 10.2. The molecule has 0 heterocycles. The Labute approximate surface area is 130 Å². The van der Waals surface area contributed by atoms with Crippen LogP contribution in [0, 0.1) is 0 Å². The van der Waals surface area contributed by atoms with Gasteiger partial charge in [0.2, 0.25) is 0 Å². The van der Waals surface area contributed by atoms with Crippen molar-refractivity contribution in [1.29, 1.82) is 0 Å². The number of thioether (sulfide) groups is 1. The van der Waals surface area contributed by atoms with E-state index in [0.717, 1.165) is 35.9 Å². The second-order valence-electron chi connectivity index (χ2n) is 4.51. The van der Waals surface area contributed by atoms with Crippen LogP contribution in [0.4, 0.5) is 5.69 Å². The van der Waals surface area contributed by atoms with Gasteiger partial charge >= 0.3 is 0 Å². The van der Waals surface area contributed by atoms with Crippen LogP contribution in [0.15, 0.2) is 53.4 Å². The highest BCUT2D eigenvalue weighted by atomic mass is 32.2. The van der Waals surface area contributed by atoms with E-state index in [4.69, 9.17) is 9.47 Å². The summed E-state index contributed by atoms with van der Waals surface area (Å²) in [6.07, 6.45) is 1.08. The van der Waals surface area contributed by atoms with Gasteiger partial charge < -0.3 is 14.8 Å². The number of methoxy groups -OCH3 is 2. The van der Waals surface area contributed by atoms with Crippen LogP contribution in [0.25, 0.3) is 0 Å². The molecule has 2 aromatic carbocycles. The van der Waals surface area contributed by atoms with E-state index in [-0.39, 0.29) is 0 Å². The summed E-state index contributed by atoms with van der Waals surface area (Å²) in [6, 6.07) is 16.2. The molecule has 1 N–H and O–H groups in total. The molecule has 21 heavy (non-hydrogen) atoms. The van der Waals surface area contributed by atoms with E-state index in [2.05, 4.69) is 29.6 Å². The second kappa shape index (κ2) is 8.47. The minimum atomic E-state index is 0.831. The van der Waals surface area contributed by atoms with Crippen LogP contribution < -0.4 is 14.8 Å². The minimum Gasteiger partial charge on any atom is -0.497 e. The van der Waals surface area contributed by atoms with Gasteiger partial charge in [0.1, 0.15) is 11.5 Å². The first-order valence-corrected chi connectivity index (χ1v) is 7.96. The molecule has 0 atom stereocenters. The highest BCUT2D eigenvalue weighted by molar-refractivity contribution is 7.99.